The lowest BCUT2D eigenvalue weighted by molar-refractivity contribution is -0.144. The highest BCUT2D eigenvalue weighted by Crippen LogP contribution is 2.31. The van der Waals surface area contributed by atoms with Crippen LogP contribution in [-0.4, -0.2) is 68.2 Å². The van der Waals surface area contributed by atoms with Crippen LogP contribution < -0.4 is 0 Å². The van der Waals surface area contributed by atoms with Crippen molar-refractivity contribution < 1.29 is 38.7 Å². The van der Waals surface area contributed by atoms with Gasteiger partial charge < -0.3 is 33.9 Å². The molecule has 3 unspecified atom stereocenters. The highest BCUT2D eigenvalue weighted by Gasteiger charge is 2.19. The molecule has 0 amide bonds. The number of rotatable bonds is 17. The molecule has 0 aromatic heterocycles. The summed E-state index contributed by atoms with van der Waals surface area (Å²) in [5.41, 5.74) is 1.48. The summed E-state index contributed by atoms with van der Waals surface area (Å²) >= 11 is 0. The van der Waals surface area contributed by atoms with E-state index in [0.717, 1.165) is 5.57 Å². The van der Waals surface area contributed by atoms with Crippen LogP contribution in [0.2, 0.25) is 0 Å². The molecule has 0 spiro atoms. The fourth-order valence-electron chi connectivity index (χ4n) is 3.12. The minimum atomic E-state index is -0.889. The van der Waals surface area contributed by atoms with E-state index in [4.69, 9.17) is 23.7 Å². The van der Waals surface area contributed by atoms with Gasteiger partial charge in [0, 0.05) is 25.9 Å². The van der Waals surface area contributed by atoms with Crippen LogP contribution >= 0.6 is 0 Å². The van der Waals surface area contributed by atoms with Crippen LogP contribution in [0.25, 0.3) is 0 Å². The Morgan fingerprint density at radius 2 is 1.78 bits per heavy atom. The van der Waals surface area contributed by atoms with Gasteiger partial charge in [0.2, 0.25) is 0 Å². The number of hydrogen-bond acceptors (Lipinski definition) is 8. The third-order valence-electron chi connectivity index (χ3n) is 5.22. The molecule has 8 heteroatoms. The van der Waals surface area contributed by atoms with Crippen LogP contribution in [0.4, 0.5) is 0 Å². The molecule has 0 aliphatic heterocycles. The highest BCUT2D eigenvalue weighted by atomic mass is 16.7. The Morgan fingerprint density at radius 3 is 2.41 bits per heavy atom. The molecular weight excluding hydrogens is 476 g/mol. The van der Waals surface area contributed by atoms with Crippen molar-refractivity contribution in [3.8, 4) is 0 Å². The fraction of sp³-hybridized carbons (Fsp3) is 0.483. The Hall–Kier alpha value is -2.91. The van der Waals surface area contributed by atoms with Crippen molar-refractivity contribution in [2.24, 2.45) is 5.41 Å². The van der Waals surface area contributed by atoms with E-state index in [1.54, 1.807) is 19.1 Å². The van der Waals surface area contributed by atoms with Gasteiger partial charge in [0.25, 0.3) is 0 Å². The predicted octanol–water partition coefficient (Wildman–Crippen LogP) is 4.29. The van der Waals surface area contributed by atoms with Crippen molar-refractivity contribution >= 4 is 5.97 Å². The van der Waals surface area contributed by atoms with Gasteiger partial charge >= 0.3 is 5.97 Å². The second-order valence-electron chi connectivity index (χ2n) is 9.20. The van der Waals surface area contributed by atoms with E-state index in [0.29, 0.717) is 23.5 Å². The van der Waals surface area contributed by atoms with E-state index >= 15 is 0 Å². The average Bonchev–Trinajstić information content (AvgIpc) is 3.10. The predicted molar refractivity (Wildman–Crippen MR) is 143 cm³/mol. The number of aliphatic hydroxyl groups excluding tert-OH is 2. The quantitative estimate of drug-likeness (QED) is 0.0966. The van der Waals surface area contributed by atoms with E-state index in [9.17, 15) is 15.0 Å². The average molecular weight is 519 g/mol. The fourth-order valence-corrected chi connectivity index (χ4v) is 3.12. The zero-order valence-corrected chi connectivity index (χ0v) is 22.6. The molecule has 0 bridgehead atoms. The molecule has 0 fully saturated rings. The van der Waals surface area contributed by atoms with Crippen LogP contribution in [0, 0.1) is 5.41 Å². The molecule has 0 aromatic rings. The largest absolute Gasteiger partial charge is 0.495 e. The van der Waals surface area contributed by atoms with E-state index in [1.807, 2.05) is 36.5 Å². The minimum absolute atomic E-state index is 0.0379. The Bertz CT molecular complexity index is 907. The molecule has 0 heterocycles. The van der Waals surface area contributed by atoms with Crippen LogP contribution in [0.1, 0.15) is 34.1 Å². The number of carbonyl (C=O) groups excluding carboxylic acids is 1. The molecule has 37 heavy (non-hydrogen) atoms. The van der Waals surface area contributed by atoms with E-state index in [1.165, 1.54) is 14.0 Å². The van der Waals surface area contributed by atoms with Crippen LogP contribution in [0.3, 0.4) is 0 Å². The smallest absolute Gasteiger partial charge is 0.302 e. The van der Waals surface area contributed by atoms with Crippen LogP contribution in [0.5, 0.6) is 0 Å². The first-order chi connectivity index (χ1) is 17.5. The third kappa shape index (κ3) is 13.3. The molecule has 2 N–H and O–H groups in total. The van der Waals surface area contributed by atoms with Gasteiger partial charge in [-0.05, 0) is 36.3 Å². The van der Waals surface area contributed by atoms with E-state index in [-0.39, 0.29) is 31.8 Å². The first-order valence-corrected chi connectivity index (χ1v) is 12.1. The number of hydrogen-bond donors (Lipinski definition) is 2. The van der Waals surface area contributed by atoms with Crippen molar-refractivity contribution in [3.05, 3.63) is 84.4 Å². The summed E-state index contributed by atoms with van der Waals surface area (Å²) in [4.78, 5) is 10.8. The molecule has 0 aromatic carbocycles. The summed E-state index contributed by atoms with van der Waals surface area (Å²) < 4.78 is 26.7. The van der Waals surface area contributed by atoms with Gasteiger partial charge in [0.15, 0.2) is 6.29 Å². The lowest BCUT2D eigenvalue weighted by Crippen LogP contribution is -2.26. The molecule has 3 atom stereocenters. The highest BCUT2D eigenvalue weighted by molar-refractivity contribution is 5.65. The monoisotopic (exact) mass is 518 g/mol. The molecule has 206 valence electrons. The number of esters is 1. The molecule has 0 saturated carbocycles. The summed E-state index contributed by atoms with van der Waals surface area (Å²) in [5.74, 6) is 0.780. The second kappa shape index (κ2) is 16.8. The number of allylic oxidation sites excluding steroid dienone is 9. The standard InChI is InChI=1S/C29H42O8/c1-8-26(35-18-25(32)20-37-28(33-7)21(2)3)13-10-16-29(5,6)23-11-9-12-27(15-14-23)36-19-24(31)17-34-22(4)30/h8-11,13-16,24-25,28,31-32H,1-2,12,17-20H2,3-7H3/b16-10+,26-13+. The summed E-state index contributed by atoms with van der Waals surface area (Å²) in [5, 5.41) is 20.0. The summed E-state index contributed by atoms with van der Waals surface area (Å²) in [6.07, 6.45) is 13.4. The molecular formula is C29H42O8. The molecule has 0 radical (unpaired) electrons. The Balaban J connectivity index is 2.66. The van der Waals surface area contributed by atoms with Gasteiger partial charge in [0.1, 0.15) is 37.8 Å². The lowest BCUT2D eigenvalue weighted by atomic mass is 9.83. The summed E-state index contributed by atoms with van der Waals surface area (Å²) in [6, 6.07) is 0. The number of ether oxygens (including phenoxy) is 5. The Labute approximate surface area is 220 Å². The van der Waals surface area contributed by atoms with Gasteiger partial charge in [-0.1, -0.05) is 57.4 Å². The zero-order valence-electron chi connectivity index (χ0n) is 22.6. The maximum Gasteiger partial charge on any atom is 0.302 e. The van der Waals surface area contributed by atoms with Gasteiger partial charge in [-0.3, -0.25) is 4.79 Å². The van der Waals surface area contributed by atoms with E-state index in [2.05, 4.69) is 27.0 Å². The third-order valence-corrected chi connectivity index (χ3v) is 5.22. The van der Waals surface area contributed by atoms with Gasteiger partial charge in [-0.25, -0.2) is 0 Å². The van der Waals surface area contributed by atoms with Crippen molar-refractivity contribution in [1.29, 1.82) is 0 Å². The van der Waals surface area contributed by atoms with Crippen LogP contribution in [-0.2, 0) is 28.5 Å². The normalized spacial score (nSPS) is 16.8. The van der Waals surface area contributed by atoms with Crippen molar-refractivity contribution in [2.45, 2.75) is 52.6 Å². The first kappa shape index (κ1) is 32.1. The SMILES string of the molecule is C=C/C(=C\C=C\C(C)(C)C1=CC=C(OCC(O)COC(C)=O)CC=C1)OCC(O)COC(OC)C(=C)C. The van der Waals surface area contributed by atoms with Crippen molar-refractivity contribution in [1.82, 2.24) is 0 Å². The van der Waals surface area contributed by atoms with Gasteiger partial charge in [-0.15, -0.1) is 0 Å². The van der Waals surface area contributed by atoms with Gasteiger partial charge in [-0.2, -0.15) is 0 Å². The molecule has 1 aliphatic rings. The zero-order chi connectivity index (χ0) is 27.8. The molecule has 0 saturated heterocycles. The maximum atomic E-state index is 10.8. The van der Waals surface area contributed by atoms with E-state index < -0.39 is 24.5 Å². The molecule has 8 nitrogen and oxygen atoms in total. The Morgan fingerprint density at radius 1 is 1.11 bits per heavy atom. The van der Waals surface area contributed by atoms with Crippen LogP contribution in [0.15, 0.2) is 84.4 Å². The number of methoxy groups -OCH3 is 1. The lowest BCUT2D eigenvalue weighted by Gasteiger charge is -2.21. The topological polar surface area (TPSA) is 104 Å². The summed E-state index contributed by atoms with van der Waals surface area (Å²) in [6.45, 7) is 14.8. The Kier molecular flexibility index (Phi) is 14.5. The molecule has 1 rings (SSSR count). The van der Waals surface area contributed by atoms with Crippen molar-refractivity contribution in [3.63, 3.8) is 0 Å². The summed E-state index contributed by atoms with van der Waals surface area (Å²) in [7, 11) is 1.51. The molecule has 1 aliphatic carbocycles. The first-order valence-electron chi connectivity index (χ1n) is 12.1. The maximum absolute atomic E-state index is 10.8. The number of carbonyl (C=O) groups is 1. The van der Waals surface area contributed by atoms with Crippen molar-refractivity contribution in [2.75, 3.05) is 33.5 Å². The minimum Gasteiger partial charge on any atom is -0.495 e. The van der Waals surface area contributed by atoms with Gasteiger partial charge in [0.05, 0.1) is 12.4 Å². The number of aliphatic hydroxyl groups is 2. The second-order valence-corrected chi connectivity index (χ2v) is 9.20.